The van der Waals surface area contributed by atoms with Crippen molar-refractivity contribution in [3.63, 3.8) is 0 Å². The number of hydrogen-bond acceptors (Lipinski definition) is 4. The molecule has 0 saturated carbocycles. The number of aromatic nitrogens is 1. The van der Waals surface area contributed by atoms with Gasteiger partial charge in [-0.3, -0.25) is 19.8 Å². The second kappa shape index (κ2) is 6.94. The SMILES string of the molecule is COc1ccc(N2C(=O)/C(=C/c3cn(C)c4ccccc34)C(=O)NC2=S)cc1. The zero-order chi connectivity index (χ0) is 19.8. The van der Waals surface area contributed by atoms with Crippen LogP contribution in [-0.2, 0) is 16.6 Å². The number of anilines is 1. The average molecular weight is 391 g/mol. The van der Waals surface area contributed by atoms with Gasteiger partial charge in [0.1, 0.15) is 11.3 Å². The van der Waals surface area contributed by atoms with Gasteiger partial charge in [-0.05, 0) is 48.6 Å². The summed E-state index contributed by atoms with van der Waals surface area (Å²) in [5.41, 5.74) is 2.39. The molecule has 1 N–H and O–H groups in total. The number of hydrogen-bond donors (Lipinski definition) is 1. The highest BCUT2D eigenvalue weighted by molar-refractivity contribution is 7.80. The van der Waals surface area contributed by atoms with Gasteiger partial charge in [0.25, 0.3) is 11.8 Å². The fourth-order valence-corrected chi connectivity index (χ4v) is 3.55. The lowest BCUT2D eigenvalue weighted by Gasteiger charge is -2.29. The molecule has 7 heteroatoms. The summed E-state index contributed by atoms with van der Waals surface area (Å²) in [6.07, 6.45) is 3.50. The number of benzene rings is 2. The average Bonchev–Trinajstić information content (AvgIpc) is 3.01. The van der Waals surface area contributed by atoms with Gasteiger partial charge in [0.15, 0.2) is 5.11 Å². The van der Waals surface area contributed by atoms with Crippen LogP contribution in [0.1, 0.15) is 5.56 Å². The molecule has 2 aromatic carbocycles. The predicted molar refractivity (Wildman–Crippen MR) is 112 cm³/mol. The Hall–Kier alpha value is -3.45. The first-order valence-corrected chi connectivity index (χ1v) is 9.00. The Morgan fingerprint density at radius 2 is 1.79 bits per heavy atom. The van der Waals surface area contributed by atoms with Crippen LogP contribution in [-0.4, -0.2) is 28.6 Å². The van der Waals surface area contributed by atoms with Crippen molar-refractivity contribution in [1.29, 1.82) is 0 Å². The first-order chi connectivity index (χ1) is 13.5. The molecule has 1 aliphatic rings. The lowest BCUT2D eigenvalue weighted by atomic mass is 10.1. The van der Waals surface area contributed by atoms with Crippen LogP contribution in [0, 0.1) is 0 Å². The maximum absolute atomic E-state index is 13.1. The summed E-state index contributed by atoms with van der Waals surface area (Å²) in [6.45, 7) is 0. The molecular formula is C21H17N3O3S. The minimum atomic E-state index is -0.507. The Balaban J connectivity index is 1.77. The zero-order valence-electron chi connectivity index (χ0n) is 15.3. The van der Waals surface area contributed by atoms with Crippen LogP contribution < -0.4 is 15.0 Å². The molecule has 0 atom stereocenters. The molecule has 6 nitrogen and oxygen atoms in total. The van der Waals surface area contributed by atoms with Crippen molar-refractivity contribution in [1.82, 2.24) is 9.88 Å². The summed E-state index contributed by atoms with van der Waals surface area (Å²) < 4.78 is 7.11. The van der Waals surface area contributed by atoms with E-state index in [1.807, 2.05) is 42.1 Å². The van der Waals surface area contributed by atoms with Crippen LogP contribution in [0.2, 0.25) is 0 Å². The highest BCUT2D eigenvalue weighted by Crippen LogP contribution is 2.27. The number of ether oxygens (including phenoxy) is 1. The number of carbonyl (C=O) groups excluding carboxylic acids is 2. The third-order valence-corrected chi connectivity index (χ3v) is 4.94. The second-order valence-corrected chi connectivity index (χ2v) is 6.76. The van der Waals surface area contributed by atoms with Crippen molar-refractivity contribution < 1.29 is 14.3 Å². The molecule has 4 rings (SSSR count). The number of fused-ring (bicyclic) bond motifs is 1. The minimum absolute atomic E-state index is 0.0285. The lowest BCUT2D eigenvalue weighted by molar-refractivity contribution is -0.122. The Bertz CT molecular complexity index is 1150. The van der Waals surface area contributed by atoms with Crippen LogP contribution in [0.15, 0.2) is 60.3 Å². The van der Waals surface area contributed by atoms with E-state index < -0.39 is 11.8 Å². The van der Waals surface area contributed by atoms with E-state index in [0.29, 0.717) is 11.4 Å². The van der Waals surface area contributed by atoms with Gasteiger partial charge in [-0.25, -0.2) is 0 Å². The van der Waals surface area contributed by atoms with E-state index in [4.69, 9.17) is 17.0 Å². The summed E-state index contributed by atoms with van der Waals surface area (Å²) in [6, 6.07) is 14.7. The van der Waals surface area contributed by atoms with Crippen molar-refractivity contribution in [2.75, 3.05) is 12.0 Å². The molecule has 0 spiro atoms. The predicted octanol–water partition coefficient (Wildman–Crippen LogP) is 3.02. The van der Waals surface area contributed by atoms with Crippen LogP contribution in [0.3, 0.4) is 0 Å². The van der Waals surface area contributed by atoms with Crippen molar-refractivity contribution in [3.8, 4) is 5.75 Å². The van der Waals surface area contributed by atoms with Gasteiger partial charge in [-0.15, -0.1) is 0 Å². The third-order valence-electron chi connectivity index (χ3n) is 4.66. The van der Waals surface area contributed by atoms with Gasteiger partial charge in [-0.2, -0.15) is 0 Å². The first-order valence-electron chi connectivity index (χ1n) is 8.59. The number of para-hydroxylation sites is 1. The molecule has 0 radical (unpaired) electrons. The number of nitrogens with zero attached hydrogens (tertiary/aromatic N) is 2. The summed E-state index contributed by atoms with van der Waals surface area (Å²) in [5.74, 6) is -0.311. The monoisotopic (exact) mass is 391 g/mol. The molecule has 2 heterocycles. The van der Waals surface area contributed by atoms with E-state index in [2.05, 4.69) is 5.32 Å². The van der Waals surface area contributed by atoms with Gasteiger partial charge in [0, 0.05) is 29.7 Å². The number of thiocarbonyl (C=S) groups is 1. The van der Waals surface area contributed by atoms with Gasteiger partial charge < -0.3 is 9.30 Å². The molecule has 1 aliphatic heterocycles. The number of carbonyl (C=O) groups is 2. The van der Waals surface area contributed by atoms with Crippen LogP contribution >= 0.6 is 12.2 Å². The maximum Gasteiger partial charge on any atom is 0.270 e. The highest BCUT2D eigenvalue weighted by Gasteiger charge is 2.34. The van der Waals surface area contributed by atoms with Crippen LogP contribution in [0.4, 0.5) is 5.69 Å². The Morgan fingerprint density at radius 1 is 1.07 bits per heavy atom. The fraction of sp³-hybridized carbons (Fsp3) is 0.0952. The summed E-state index contributed by atoms with van der Waals surface area (Å²) >= 11 is 5.23. The fourth-order valence-electron chi connectivity index (χ4n) is 3.27. The van der Waals surface area contributed by atoms with Crippen molar-refractivity contribution >= 4 is 51.8 Å². The standard InChI is InChI=1S/C21H17N3O3S/c1-23-12-13(16-5-3-4-6-18(16)23)11-17-19(25)22-21(28)24(20(17)26)14-7-9-15(27-2)10-8-14/h3-12H,1-2H3,(H,22,25,28)/b17-11+. The van der Waals surface area contributed by atoms with Gasteiger partial charge >= 0.3 is 0 Å². The van der Waals surface area contributed by atoms with E-state index in [1.54, 1.807) is 37.5 Å². The Morgan fingerprint density at radius 3 is 2.50 bits per heavy atom. The highest BCUT2D eigenvalue weighted by atomic mass is 32.1. The summed E-state index contributed by atoms with van der Waals surface area (Å²) in [7, 11) is 3.49. The quantitative estimate of drug-likeness (QED) is 0.424. The zero-order valence-corrected chi connectivity index (χ0v) is 16.1. The largest absolute Gasteiger partial charge is 0.497 e. The normalized spacial score (nSPS) is 16.0. The molecule has 2 amide bonds. The molecular weight excluding hydrogens is 374 g/mol. The molecule has 0 aliphatic carbocycles. The molecule has 3 aromatic rings. The number of nitrogens with one attached hydrogen (secondary N) is 1. The minimum Gasteiger partial charge on any atom is -0.497 e. The number of aryl methyl sites for hydroxylation is 1. The number of amides is 2. The summed E-state index contributed by atoms with van der Waals surface area (Å²) in [5, 5.41) is 3.61. The van der Waals surface area contributed by atoms with Gasteiger partial charge in [0.05, 0.1) is 12.8 Å². The summed E-state index contributed by atoms with van der Waals surface area (Å²) in [4.78, 5) is 26.9. The van der Waals surface area contributed by atoms with E-state index in [-0.39, 0.29) is 10.7 Å². The van der Waals surface area contributed by atoms with E-state index in [0.717, 1.165) is 16.5 Å². The first kappa shape index (κ1) is 17.9. The van der Waals surface area contributed by atoms with E-state index >= 15 is 0 Å². The molecule has 1 aromatic heterocycles. The lowest BCUT2D eigenvalue weighted by Crippen LogP contribution is -2.54. The van der Waals surface area contributed by atoms with Gasteiger partial charge in [0.2, 0.25) is 0 Å². The molecule has 0 bridgehead atoms. The second-order valence-electron chi connectivity index (χ2n) is 6.37. The smallest absolute Gasteiger partial charge is 0.270 e. The van der Waals surface area contributed by atoms with E-state index in [1.165, 1.54) is 4.90 Å². The van der Waals surface area contributed by atoms with Crippen molar-refractivity contribution in [2.24, 2.45) is 7.05 Å². The number of methoxy groups -OCH3 is 1. The maximum atomic E-state index is 13.1. The molecule has 140 valence electrons. The molecule has 1 saturated heterocycles. The third kappa shape index (κ3) is 2.95. The van der Waals surface area contributed by atoms with Crippen LogP contribution in [0.5, 0.6) is 5.75 Å². The Kier molecular flexibility index (Phi) is 4.44. The van der Waals surface area contributed by atoms with Crippen LogP contribution in [0.25, 0.3) is 17.0 Å². The van der Waals surface area contributed by atoms with Crippen molar-refractivity contribution in [2.45, 2.75) is 0 Å². The Labute approximate surface area is 167 Å². The molecule has 0 unspecified atom stereocenters. The topological polar surface area (TPSA) is 63.6 Å². The van der Waals surface area contributed by atoms with Crippen molar-refractivity contribution in [3.05, 3.63) is 65.9 Å². The molecule has 28 heavy (non-hydrogen) atoms. The number of rotatable bonds is 3. The van der Waals surface area contributed by atoms with Gasteiger partial charge in [-0.1, -0.05) is 18.2 Å². The molecule has 1 fully saturated rings. The van der Waals surface area contributed by atoms with E-state index in [9.17, 15) is 9.59 Å².